The highest BCUT2D eigenvalue weighted by molar-refractivity contribution is 6.02. The lowest BCUT2D eigenvalue weighted by Crippen LogP contribution is -2.58. The van der Waals surface area contributed by atoms with E-state index in [4.69, 9.17) is 9.47 Å². The zero-order valence-corrected chi connectivity index (χ0v) is 25.2. The lowest BCUT2D eigenvalue weighted by Gasteiger charge is -2.40. The number of carbonyl (C=O) groups is 4. The Hall–Kier alpha value is -4.66. The van der Waals surface area contributed by atoms with Crippen molar-refractivity contribution in [3.8, 4) is 0 Å². The Morgan fingerprint density at radius 1 is 0.727 bits per heavy atom. The molecule has 0 saturated carbocycles. The Kier molecular flexibility index (Phi) is 8.12. The van der Waals surface area contributed by atoms with Gasteiger partial charge in [-0.25, -0.2) is 9.59 Å². The van der Waals surface area contributed by atoms with Crippen LogP contribution in [0.5, 0.6) is 0 Å². The molecule has 3 aliphatic rings. The first-order chi connectivity index (χ1) is 21.3. The standard InChI is InChI=1S/C35H37N3O6/c1-22(2)44-35(42)38-27-16-10-9-14-25(27)20-30(38)33(40)37-28(23-11-5-4-6-12-23)17-18-29(37)32(39)36-21-26-15-8-7-13-24(26)19-31(36)34(41)43-3/h4-16,22,28-31H,17-21H2,1-3H3/t28-,29+,30+,31+/m0/s1. The van der Waals surface area contributed by atoms with Crippen LogP contribution in [0.3, 0.4) is 0 Å². The molecule has 0 aliphatic carbocycles. The molecular formula is C35H37N3O6. The summed E-state index contributed by atoms with van der Waals surface area (Å²) in [6.45, 7) is 3.78. The molecule has 44 heavy (non-hydrogen) atoms. The van der Waals surface area contributed by atoms with Crippen LogP contribution in [0.1, 0.15) is 55.0 Å². The molecule has 4 atom stereocenters. The Morgan fingerprint density at radius 3 is 2.07 bits per heavy atom. The first kappa shape index (κ1) is 29.4. The van der Waals surface area contributed by atoms with Gasteiger partial charge in [-0.2, -0.15) is 0 Å². The van der Waals surface area contributed by atoms with Crippen molar-refractivity contribution in [2.75, 3.05) is 12.0 Å². The summed E-state index contributed by atoms with van der Waals surface area (Å²) in [7, 11) is 1.32. The molecule has 0 bridgehead atoms. The number of esters is 1. The van der Waals surface area contributed by atoms with Crippen molar-refractivity contribution in [2.45, 2.75) is 76.3 Å². The predicted molar refractivity (Wildman–Crippen MR) is 164 cm³/mol. The molecule has 3 aromatic rings. The number of fused-ring (bicyclic) bond motifs is 2. The van der Waals surface area contributed by atoms with Gasteiger partial charge in [-0.3, -0.25) is 14.5 Å². The van der Waals surface area contributed by atoms with Gasteiger partial charge in [-0.15, -0.1) is 0 Å². The number of methoxy groups -OCH3 is 1. The predicted octanol–water partition coefficient (Wildman–Crippen LogP) is 4.82. The van der Waals surface area contributed by atoms with Gasteiger partial charge in [0.05, 0.1) is 24.9 Å². The topological polar surface area (TPSA) is 96.5 Å². The molecule has 0 spiro atoms. The normalized spacial score (nSPS) is 22.4. The van der Waals surface area contributed by atoms with E-state index in [0.29, 0.717) is 31.4 Å². The first-order valence-corrected chi connectivity index (χ1v) is 15.2. The van der Waals surface area contributed by atoms with Gasteiger partial charge in [0, 0.05) is 19.4 Å². The highest BCUT2D eigenvalue weighted by Gasteiger charge is 2.50. The summed E-state index contributed by atoms with van der Waals surface area (Å²) in [5, 5.41) is 0. The maximum atomic E-state index is 14.8. The van der Waals surface area contributed by atoms with Crippen LogP contribution in [0.4, 0.5) is 10.5 Å². The third kappa shape index (κ3) is 5.31. The number of benzene rings is 3. The molecule has 3 amide bonds. The second-order valence-corrected chi connectivity index (χ2v) is 11.9. The van der Waals surface area contributed by atoms with Crippen LogP contribution in [0.25, 0.3) is 0 Å². The van der Waals surface area contributed by atoms with Crippen LogP contribution in [-0.4, -0.2) is 65.0 Å². The van der Waals surface area contributed by atoms with Crippen LogP contribution in [-0.2, 0) is 43.2 Å². The molecule has 9 heteroatoms. The van der Waals surface area contributed by atoms with Crippen molar-refractivity contribution in [2.24, 2.45) is 0 Å². The maximum Gasteiger partial charge on any atom is 0.415 e. The van der Waals surface area contributed by atoms with Crippen LogP contribution >= 0.6 is 0 Å². The number of nitrogens with zero attached hydrogens (tertiary/aromatic N) is 3. The third-order valence-corrected chi connectivity index (χ3v) is 8.91. The fraction of sp³-hybridized carbons (Fsp3) is 0.371. The number of ether oxygens (including phenoxy) is 2. The van der Waals surface area contributed by atoms with E-state index in [1.807, 2.05) is 78.9 Å². The highest BCUT2D eigenvalue weighted by atomic mass is 16.6. The average molecular weight is 596 g/mol. The van der Waals surface area contributed by atoms with Crippen LogP contribution < -0.4 is 4.90 Å². The number of likely N-dealkylation sites (tertiary alicyclic amines) is 1. The van der Waals surface area contributed by atoms with Crippen molar-refractivity contribution in [3.05, 3.63) is 101 Å². The molecule has 0 unspecified atom stereocenters. The molecule has 3 heterocycles. The summed E-state index contributed by atoms with van der Waals surface area (Å²) in [6.07, 6.45) is 0.663. The number of hydrogen-bond acceptors (Lipinski definition) is 6. The Balaban J connectivity index is 1.38. The molecule has 3 aliphatic heterocycles. The van der Waals surface area contributed by atoms with Gasteiger partial charge in [-0.1, -0.05) is 72.8 Å². The average Bonchev–Trinajstić information content (AvgIpc) is 3.66. The van der Waals surface area contributed by atoms with E-state index in [2.05, 4.69) is 0 Å². The number of amides is 3. The number of carbonyl (C=O) groups excluding carboxylic acids is 4. The molecule has 228 valence electrons. The van der Waals surface area contributed by atoms with Crippen LogP contribution in [0.2, 0.25) is 0 Å². The quantitative estimate of drug-likeness (QED) is 0.393. The van der Waals surface area contributed by atoms with Gasteiger partial charge in [0.15, 0.2) is 0 Å². The minimum Gasteiger partial charge on any atom is -0.467 e. The molecule has 1 saturated heterocycles. The third-order valence-electron chi connectivity index (χ3n) is 8.91. The molecule has 0 aromatic heterocycles. The van der Waals surface area contributed by atoms with E-state index >= 15 is 0 Å². The van der Waals surface area contributed by atoms with Gasteiger partial charge in [0.1, 0.15) is 18.1 Å². The number of para-hydroxylation sites is 1. The summed E-state index contributed by atoms with van der Waals surface area (Å²) in [5.74, 6) is -1.11. The fourth-order valence-electron chi connectivity index (χ4n) is 6.90. The minimum absolute atomic E-state index is 0.241. The smallest absolute Gasteiger partial charge is 0.415 e. The number of hydrogen-bond donors (Lipinski definition) is 0. The summed E-state index contributed by atoms with van der Waals surface area (Å²) >= 11 is 0. The summed E-state index contributed by atoms with van der Waals surface area (Å²) in [4.78, 5) is 60.4. The lowest BCUT2D eigenvalue weighted by molar-refractivity contribution is -0.157. The van der Waals surface area contributed by atoms with E-state index in [0.717, 1.165) is 22.3 Å². The Labute approximate surface area is 257 Å². The summed E-state index contributed by atoms with van der Waals surface area (Å²) < 4.78 is 10.7. The largest absolute Gasteiger partial charge is 0.467 e. The lowest BCUT2D eigenvalue weighted by atomic mass is 9.93. The van der Waals surface area contributed by atoms with Crippen molar-refractivity contribution in [1.29, 1.82) is 0 Å². The first-order valence-electron chi connectivity index (χ1n) is 15.2. The second-order valence-electron chi connectivity index (χ2n) is 11.9. The molecule has 6 rings (SSSR count). The van der Waals surface area contributed by atoms with Crippen molar-refractivity contribution >= 4 is 29.6 Å². The van der Waals surface area contributed by atoms with Crippen molar-refractivity contribution in [3.63, 3.8) is 0 Å². The number of anilines is 1. The monoisotopic (exact) mass is 595 g/mol. The zero-order valence-electron chi connectivity index (χ0n) is 25.2. The summed E-state index contributed by atoms with van der Waals surface area (Å²) in [6, 6.07) is 22.0. The van der Waals surface area contributed by atoms with Gasteiger partial charge in [0.2, 0.25) is 11.8 Å². The summed E-state index contributed by atoms with van der Waals surface area (Å²) in [5.41, 5.74) is 4.37. The van der Waals surface area contributed by atoms with Gasteiger partial charge >= 0.3 is 12.1 Å². The minimum atomic E-state index is -0.878. The number of rotatable bonds is 5. The van der Waals surface area contributed by atoms with Crippen LogP contribution in [0, 0.1) is 0 Å². The van der Waals surface area contributed by atoms with Gasteiger partial charge in [0.25, 0.3) is 0 Å². The highest BCUT2D eigenvalue weighted by Crippen LogP contribution is 2.41. The Morgan fingerprint density at radius 2 is 1.36 bits per heavy atom. The van der Waals surface area contributed by atoms with Crippen molar-refractivity contribution < 1.29 is 28.7 Å². The van der Waals surface area contributed by atoms with E-state index < -0.39 is 30.2 Å². The molecular weight excluding hydrogens is 558 g/mol. The molecule has 0 N–H and O–H groups in total. The SMILES string of the molecule is COC(=O)[C@H]1Cc2ccccc2CN1C(=O)[C@H]1CC[C@@H](c2ccccc2)N1C(=O)[C@H]1Cc2ccccc2N1C(=O)OC(C)C. The second kappa shape index (κ2) is 12.1. The van der Waals surface area contributed by atoms with Gasteiger partial charge < -0.3 is 19.3 Å². The Bertz CT molecular complexity index is 1570. The fourth-order valence-corrected chi connectivity index (χ4v) is 6.90. The molecule has 9 nitrogen and oxygen atoms in total. The van der Waals surface area contributed by atoms with E-state index in [1.54, 1.807) is 23.6 Å². The molecule has 0 radical (unpaired) electrons. The zero-order chi connectivity index (χ0) is 31.0. The molecule has 1 fully saturated rings. The van der Waals surface area contributed by atoms with Crippen molar-refractivity contribution in [1.82, 2.24) is 9.80 Å². The molecule has 3 aromatic carbocycles. The van der Waals surface area contributed by atoms with Gasteiger partial charge in [-0.05, 0) is 55.0 Å². The van der Waals surface area contributed by atoms with E-state index in [-0.39, 0.29) is 30.5 Å². The van der Waals surface area contributed by atoms with E-state index in [1.165, 1.54) is 12.0 Å². The maximum absolute atomic E-state index is 14.8. The van der Waals surface area contributed by atoms with Crippen LogP contribution in [0.15, 0.2) is 78.9 Å². The van der Waals surface area contributed by atoms with E-state index in [9.17, 15) is 19.2 Å².